The van der Waals surface area contributed by atoms with E-state index in [2.05, 4.69) is 30.6 Å². The van der Waals surface area contributed by atoms with Gasteiger partial charge in [0.2, 0.25) is 11.9 Å². The molecule has 2 aromatic heterocycles. The van der Waals surface area contributed by atoms with Crippen LogP contribution in [0.3, 0.4) is 0 Å². The number of halogens is 1. The van der Waals surface area contributed by atoms with Crippen molar-refractivity contribution in [1.29, 1.82) is 0 Å². The molecular formula is C32H32ClN7O4. The van der Waals surface area contributed by atoms with Crippen LogP contribution in [-0.4, -0.2) is 67.6 Å². The van der Waals surface area contributed by atoms with E-state index in [1.807, 2.05) is 43.3 Å². The first-order valence-corrected chi connectivity index (χ1v) is 14.9. The molecule has 3 N–H and O–H groups in total. The second-order valence-corrected chi connectivity index (χ2v) is 11.3. The molecule has 4 aromatic rings. The number of benzene rings is 2. The molecule has 0 bridgehead atoms. The molecule has 1 atom stereocenters. The van der Waals surface area contributed by atoms with Crippen molar-refractivity contribution in [3.8, 4) is 22.6 Å². The van der Waals surface area contributed by atoms with Crippen molar-refractivity contribution >= 4 is 29.4 Å². The number of fused-ring (bicyclic) bond motifs is 1. The third kappa shape index (κ3) is 6.54. The molecule has 4 heterocycles. The fourth-order valence-corrected chi connectivity index (χ4v) is 5.59. The highest BCUT2D eigenvalue weighted by Crippen LogP contribution is 2.32. The maximum atomic E-state index is 13.3. The average molecular weight is 614 g/mol. The van der Waals surface area contributed by atoms with E-state index in [4.69, 9.17) is 16.3 Å². The molecule has 2 aromatic carbocycles. The van der Waals surface area contributed by atoms with Gasteiger partial charge in [-0.25, -0.2) is 19.9 Å². The number of ether oxygens (including phenoxy) is 1. The molecule has 226 valence electrons. The van der Waals surface area contributed by atoms with Gasteiger partial charge in [-0.15, -0.1) is 0 Å². The first-order chi connectivity index (χ1) is 21.4. The molecule has 12 heteroatoms. The number of hydrogen-bond acceptors (Lipinski definition) is 9. The van der Waals surface area contributed by atoms with Gasteiger partial charge in [0.25, 0.3) is 5.91 Å². The van der Waals surface area contributed by atoms with E-state index in [1.54, 1.807) is 24.5 Å². The Morgan fingerprint density at radius 2 is 1.86 bits per heavy atom. The molecule has 0 saturated carbocycles. The number of carbonyl (C=O) groups is 2. The number of aromatic nitrogens is 4. The average Bonchev–Trinajstić information content (AvgIpc) is 3.36. The van der Waals surface area contributed by atoms with E-state index in [0.717, 1.165) is 29.5 Å². The van der Waals surface area contributed by atoms with Crippen LogP contribution in [0.1, 0.15) is 53.0 Å². The minimum atomic E-state index is -0.281. The summed E-state index contributed by atoms with van der Waals surface area (Å²) >= 11 is 6.47. The summed E-state index contributed by atoms with van der Waals surface area (Å²) in [5.41, 5.74) is 4.85. The van der Waals surface area contributed by atoms with Crippen LogP contribution < -0.4 is 10.6 Å². The van der Waals surface area contributed by atoms with Gasteiger partial charge in [0.1, 0.15) is 6.54 Å². The Morgan fingerprint density at radius 1 is 1.09 bits per heavy atom. The van der Waals surface area contributed by atoms with Crippen molar-refractivity contribution in [1.82, 2.24) is 30.2 Å². The molecule has 2 amide bonds. The van der Waals surface area contributed by atoms with Gasteiger partial charge in [0.15, 0.2) is 5.82 Å². The number of amides is 2. The Labute approximate surface area is 259 Å². The highest BCUT2D eigenvalue weighted by Gasteiger charge is 2.30. The number of aliphatic hydroxyl groups is 1. The molecule has 0 unspecified atom stereocenters. The van der Waals surface area contributed by atoms with Crippen LogP contribution in [0.15, 0.2) is 60.9 Å². The number of aliphatic hydroxyl groups excluding tert-OH is 1. The summed E-state index contributed by atoms with van der Waals surface area (Å²) < 4.78 is 5.43. The monoisotopic (exact) mass is 613 g/mol. The van der Waals surface area contributed by atoms with E-state index in [0.29, 0.717) is 59.1 Å². The number of rotatable bonds is 9. The fourth-order valence-electron chi connectivity index (χ4n) is 5.39. The van der Waals surface area contributed by atoms with Crippen molar-refractivity contribution in [2.24, 2.45) is 0 Å². The second kappa shape index (κ2) is 13.0. The molecular weight excluding hydrogens is 582 g/mol. The minimum absolute atomic E-state index is 0.0690. The Bertz CT molecular complexity index is 1680. The van der Waals surface area contributed by atoms with E-state index >= 15 is 0 Å². The van der Waals surface area contributed by atoms with Crippen LogP contribution in [0.25, 0.3) is 22.6 Å². The van der Waals surface area contributed by atoms with Gasteiger partial charge in [-0.05, 0) is 43.0 Å². The molecule has 0 radical (unpaired) electrons. The lowest BCUT2D eigenvalue weighted by molar-refractivity contribution is -0.122. The third-order valence-corrected chi connectivity index (χ3v) is 8.09. The minimum Gasteiger partial charge on any atom is -0.390 e. The highest BCUT2D eigenvalue weighted by molar-refractivity contribution is 6.33. The topological polar surface area (TPSA) is 142 Å². The number of nitrogens with one attached hydrogen (secondary N) is 2. The fraction of sp³-hybridized carbons (Fsp3) is 0.312. The summed E-state index contributed by atoms with van der Waals surface area (Å²) in [6.07, 6.45) is 4.92. The molecule has 2 aliphatic rings. The van der Waals surface area contributed by atoms with E-state index in [-0.39, 0.29) is 37.0 Å². The quantitative estimate of drug-likeness (QED) is 0.253. The number of anilines is 1. The number of nitrogens with zero attached hydrogens (tertiary/aromatic N) is 5. The van der Waals surface area contributed by atoms with Crippen LogP contribution in [0.4, 0.5) is 5.95 Å². The Morgan fingerprint density at radius 3 is 2.64 bits per heavy atom. The first kappa shape index (κ1) is 29.6. The SMILES string of the molecule is C[C@@H](NC(=O)CN1Cc2ccc(-c3nc(NC4CCOCC4)ncc3Cl)cc2C1=O)c1ccc(-c2nccc(CO)n2)cc1. The molecule has 1 saturated heterocycles. The van der Waals surface area contributed by atoms with Crippen LogP contribution in [-0.2, 0) is 22.7 Å². The lowest BCUT2D eigenvalue weighted by atomic mass is 10.0. The molecule has 0 spiro atoms. The lowest BCUT2D eigenvalue weighted by Gasteiger charge is -2.23. The van der Waals surface area contributed by atoms with Crippen LogP contribution in [0, 0.1) is 0 Å². The van der Waals surface area contributed by atoms with E-state index < -0.39 is 0 Å². The van der Waals surface area contributed by atoms with Gasteiger partial charge < -0.3 is 25.4 Å². The van der Waals surface area contributed by atoms with Crippen molar-refractivity contribution in [2.75, 3.05) is 25.1 Å². The van der Waals surface area contributed by atoms with Crippen molar-refractivity contribution in [2.45, 2.75) is 45.0 Å². The van der Waals surface area contributed by atoms with E-state index in [9.17, 15) is 14.7 Å². The Kier molecular flexibility index (Phi) is 8.78. The highest BCUT2D eigenvalue weighted by atomic mass is 35.5. The van der Waals surface area contributed by atoms with Crippen LogP contribution in [0.5, 0.6) is 0 Å². The second-order valence-electron chi connectivity index (χ2n) is 10.9. The Hall–Kier alpha value is -4.45. The summed E-state index contributed by atoms with van der Waals surface area (Å²) in [6, 6.07) is 14.7. The van der Waals surface area contributed by atoms with Gasteiger partial charge >= 0.3 is 0 Å². The standard InChI is InChI=1S/C32H32ClN7O4/c1-19(20-2-4-21(5-3-20)30-34-11-8-25(18-41)37-30)36-28(42)17-40-16-23-7-6-22(14-26(23)31(40)43)29-27(33)15-35-32(39-29)38-24-9-12-44-13-10-24/h2-8,11,14-15,19,24,41H,9-10,12-13,16-18H2,1H3,(H,36,42)(H,35,38,39)/t19-/m1/s1. The first-order valence-electron chi connectivity index (χ1n) is 14.5. The van der Waals surface area contributed by atoms with Crippen LogP contribution in [0.2, 0.25) is 5.02 Å². The summed E-state index contributed by atoms with van der Waals surface area (Å²) in [7, 11) is 0. The Balaban J connectivity index is 1.08. The van der Waals surface area contributed by atoms with Gasteiger partial charge in [0, 0.05) is 48.7 Å². The van der Waals surface area contributed by atoms with Gasteiger partial charge in [-0.2, -0.15) is 0 Å². The predicted molar refractivity (Wildman–Crippen MR) is 165 cm³/mol. The molecule has 6 rings (SSSR count). The van der Waals surface area contributed by atoms with Crippen molar-refractivity contribution < 1.29 is 19.4 Å². The zero-order valence-electron chi connectivity index (χ0n) is 24.2. The summed E-state index contributed by atoms with van der Waals surface area (Å²) in [4.78, 5) is 45.4. The zero-order valence-corrected chi connectivity index (χ0v) is 24.9. The smallest absolute Gasteiger partial charge is 0.254 e. The maximum Gasteiger partial charge on any atom is 0.254 e. The largest absolute Gasteiger partial charge is 0.390 e. The molecule has 2 aliphatic heterocycles. The summed E-state index contributed by atoms with van der Waals surface area (Å²) in [5, 5.41) is 16.1. The molecule has 1 fully saturated rings. The number of hydrogen-bond donors (Lipinski definition) is 3. The van der Waals surface area contributed by atoms with Crippen molar-refractivity contribution in [3.05, 3.63) is 88.3 Å². The third-order valence-electron chi connectivity index (χ3n) is 7.82. The molecule has 11 nitrogen and oxygen atoms in total. The summed E-state index contributed by atoms with van der Waals surface area (Å²) in [6.45, 7) is 3.40. The molecule has 0 aliphatic carbocycles. The normalized spacial score (nSPS) is 15.6. The summed E-state index contributed by atoms with van der Waals surface area (Å²) in [5.74, 6) is 0.521. The van der Waals surface area contributed by atoms with Gasteiger partial charge in [0.05, 0.1) is 35.3 Å². The predicted octanol–water partition coefficient (Wildman–Crippen LogP) is 4.17. The molecule has 44 heavy (non-hydrogen) atoms. The van der Waals surface area contributed by atoms with E-state index in [1.165, 1.54) is 4.90 Å². The zero-order chi connectivity index (χ0) is 30.6. The van der Waals surface area contributed by atoms with Crippen LogP contribution >= 0.6 is 11.6 Å². The van der Waals surface area contributed by atoms with Gasteiger partial charge in [-0.3, -0.25) is 9.59 Å². The lowest BCUT2D eigenvalue weighted by Crippen LogP contribution is -2.38. The van der Waals surface area contributed by atoms with Gasteiger partial charge in [-0.1, -0.05) is 48.0 Å². The van der Waals surface area contributed by atoms with Crippen molar-refractivity contribution in [3.63, 3.8) is 0 Å². The number of carbonyl (C=O) groups excluding carboxylic acids is 2. The maximum absolute atomic E-state index is 13.3.